The fraction of sp³-hybridized carbons (Fsp3) is 0.533. The molecule has 2 fully saturated rings. The molecule has 0 spiro atoms. The molecule has 2 atom stereocenters. The number of hydrogen-bond acceptors (Lipinski definition) is 2. The molecule has 2 heterocycles. The number of rotatable bonds is 1. The zero-order valence-corrected chi connectivity index (χ0v) is 13.8. The third kappa shape index (κ3) is 2.61. The summed E-state index contributed by atoms with van der Waals surface area (Å²) in [4.78, 5) is 17.1. The van der Waals surface area contributed by atoms with Crippen LogP contribution in [0.15, 0.2) is 22.7 Å². The van der Waals surface area contributed by atoms with Crippen LogP contribution in [-0.2, 0) is 0 Å². The molecule has 0 radical (unpaired) electrons. The molecule has 1 amide bonds. The van der Waals surface area contributed by atoms with Crippen LogP contribution in [0.1, 0.15) is 29.6 Å². The molecule has 1 aromatic carbocycles. The maximum absolute atomic E-state index is 12.7. The molecule has 1 aromatic rings. The third-order valence-corrected chi connectivity index (χ3v) is 5.42. The van der Waals surface area contributed by atoms with E-state index in [-0.39, 0.29) is 5.91 Å². The Balaban J connectivity index is 1.82. The smallest absolute Gasteiger partial charge is 0.255 e. The number of halogens is 2. The van der Waals surface area contributed by atoms with Gasteiger partial charge in [0.15, 0.2) is 0 Å². The van der Waals surface area contributed by atoms with Gasteiger partial charge in [-0.25, -0.2) is 0 Å². The standard InChI is InChI=1S/C15H18BrClN2O/c1-18-11-3-4-12(18)9-19(7-6-11)15(20)13-8-10(16)2-5-14(13)17/h2,5,8,11-12H,3-4,6-7,9H2,1H3. The summed E-state index contributed by atoms with van der Waals surface area (Å²) in [6, 6.07) is 6.58. The maximum atomic E-state index is 12.7. The number of carbonyl (C=O) groups excluding carboxylic acids is 1. The van der Waals surface area contributed by atoms with Crippen LogP contribution in [0.2, 0.25) is 5.02 Å². The van der Waals surface area contributed by atoms with E-state index in [1.807, 2.05) is 17.0 Å². The lowest BCUT2D eigenvalue weighted by Crippen LogP contribution is -2.39. The average Bonchev–Trinajstić information content (AvgIpc) is 2.65. The van der Waals surface area contributed by atoms with Crippen LogP contribution in [-0.4, -0.2) is 47.9 Å². The third-order valence-electron chi connectivity index (χ3n) is 4.59. The van der Waals surface area contributed by atoms with Crippen LogP contribution in [0.5, 0.6) is 0 Å². The molecule has 0 aliphatic carbocycles. The SMILES string of the molecule is CN1C2CCC1CN(C(=O)c1cc(Br)ccc1Cl)CC2. The van der Waals surface area contributed by atoms with E-state index in [1.165, 1.54) is 12.8 Å². The van der Waals surface area contributed by atoms with Crippen molar-refractivity contribution >= 4 is 33.4 Å². The van der Waals surface area contributed by atoms with Crippen LogP contribution in [0, 0.1) is 0 Å². The van der Waals surface area contributed by atoms with E-state index >= 15 is 0 Å². The first-order valence-electron chi connectivity index (χ1n) is 7.02. The van der Waals surface area contributed by atoms with Crippen molar-refractivity contribution in [2.75, 3.05) is 20.1 Å². The Morgan fingerprint density at radius 1 is 1.30 bits per heavy atom. The van der Waals surface area contributed by atoms with Gasteiger partial charge in [0.1, 0.15) is 0 Å². The molecule has 3 rings (SSSR count). The number of fused-ring (bicyclic) bond motifs is 2. The van der Waals surface area contributed by atoms with Crippen molar-refractivity contribution in [3.63, 3.8) is 0 Å². The van der Waals surface area contributed by atoms with Gasteiger partial charge in [-0.2, -0.15) is 0 Å². The number of carbonyl (C=O) groups is 1. The highest BCUT2D eigenvalue weighted by Gasteiger charge is 2.36. The van der Waals surface area contributed by atoms with Gasteiger partial charge in [0.25, 0.3) is 5.91 Å². The van der Waals surface area contributed by atoms with Gasteiger partial charge in [0.05, 0.1) is 10.6 Å². The summed E-state index contributed by atoms with van der Waals surface area (Å²) >= 11 is 9.59. The predicted octanol–water partition coefficient (Wildman–Crippen LogP) is 3.41. The van der Waals surface area contributed by atoms with Gasteiger partial charge in [0, 0.05) is 29.6 Å². The summed E-state index contributed by atoms with van der Waals surface area (Å²) in [5, 5.41) is 0.529. The van der Waals surface area contributed by atoms with Gasteiger partial charge in [0.2, 0.25) is 0 Å². The molecular weight excluding hydrogens is 340 g/mol. The number of amides is 1. The largest absolute Gasteiger partial charge is 0.337 e. The number of nitrogens with zero attached hydrogens (tertiary/aromatic N) is 2. The summed E-state index contributed by atoms with van der Waals surface area (Å²) in [5.74, 6) is 0.0530. The molecule has 2 unspecified atom stereocenters. The van der Waals surface area contributed by atoms with Gasteiger partial charge < -0.3 is 4.90 Å². The monoisotopic (exact) mass is 356 g/mol. The van der Waals surface area contributed by atoms with E-state index in [1.54, 1.807) is 6.07 Å². The minimum absolute atomic E-state index is 0.0530. The second kappa shape index (κ2) is 5.66. The van der Waals surface area contributed by atoms with Crippen molar-refractivity contribution in [1.82, 2.24) is 9.80 Å². The fourth-order valence-corrected chi connectivity index (χ4v) is 3.88. The van der Waals surface area contributed by atoms with Crippen LogP contribution >= 0.6 is 27.5 Å². The van der Waals surface area contributed by atoms with E-state index in [4.69, 9.17) is 11.6 Å². The van der Waals surface area contributed by atoms with Gasteiger partial charge in [-0.3, -0.25) is 9.69 Å². The molecule has 20 heavy (non-hydrogen) atoms. The van der Waals surface area contributed by atoms with Crippen molar-refractivity contribution in [1.29, 1.82) is 0 Å². The zero-order chi connectivity index (χ0) is 14.3. The minimum Gasteiger partial charge on any atom is -0.337 e. The molecule has 2 aliphatic rings. The molecule has 3 nitrogen and oxygen atoms in total. The van der Waals surface area contributed by atoms with Gasteiger partial charge in [-0.15, -0.1) is 0 Å². The summed E-state index contributed by atoms with van der Waals surface area (Å²) in [7, 11) is 2.18. The van der Waals surface area contributed by atoms with Gasteiger partial charge >= 0.3 is 0 Å². The molecule has 2 bridgehead atoms. The van der Waals surface area contributed by atoms with Crippen LogP contribution in [0.25, 0.3) is 0 Å². The normalized spacial score (nSPS) is 26.6. The highest BCUT2D eigenvalue weighted by molar-refractivity contribution is 9.10. The molecule has 0 N–H and O–H groups in total. The van der Waals surface area contributed by atoms with Crippen molar-refractivity contribution in [3.8, 4) is 0 Å². The molecule has 2 saturated heterocycles. The first-order valence-corrected chi connectivity index (χ1v) is 8.19. The lowest BCUT2D eigenvalue weighted by molar-refractivity contribution is 0.0740. The van der Waals surface area contributed by atoms with Gasteiger partial charge in [-0.05, 0) is 44.5 Å². The number of hydrogen-bond donors (Lipinski definition) is 0. The lowest BCUT2D eigenvalue weighted by atomic mass is 10.1. The first kappa shape index (κ1) is 14.4. The van der Waals surface area contributed by atoms with Crippen molar-refractivity contribution in [2.24, 2.45) is 0 Å². The Morgan fingerprint density at radius 3 is 2.85 bits per heavy atom. The predicted molar refractivity (Wildman–Crippen MR) is 84.2 cm³/mol. The van der Waals surface area contributed by atoms with E-state index in [9.17, 15) is 4.79 Å². The van der Waals surface area contributed by atoms with E-state index in [0.29, 0.717) is 22.7 Å². The van der Waals surface area contributed by atoms with Crippen LogP contribution in [0.4, 0.5) is 0 Å². The minimum atomic E-state index is 0.0530. The Bertz CT molecular complexity index is 537. The Morgan fingerprint density at radius 2 is 2.05 bits per heavy atom. The summed E-state index contributed by atoms with van der Waals surface area (Å²) in [6.07, 6.45) is 3.52. The lowest BCUT2D eigenvalue weighted by Gasteiger charge is -2.26. The van der Waals surface area contributed by atoms with Crippen molar-refractivity contribution < 1.29 is 4.79 Å². The van der Waals surface area contributed by atoms with Gasteiger partial charge in [-0.1, -0.05) is 27.5 Å². The summed E-state index contributed by atoms with van der Waals surface area (Å²) < 4.78 is 0.888. The first-order chi connectivity index (χ1) is 9.56. The molecule has 0 aromatic heterocycles. The molecule has 5 heteroatoms. The number of likely N-dealkylation sites (tertiary alicyclic amines) is 1. The highest BCUT2D eigenvalue weighted by Crippen LogP contribution is 2.30. The molecule has 0 saturated carbocycles. The summed E-state index contributed by atoms with van der Waals surface area (Å²) in [6.45, 7) is 1.64. The number of benzene rings is 1. The van der Waals surface area contributed by atoms with Crippen molar-refractivity contribution in [2.45, 2.75) is 31.3 Å². The molecule has 108 valence electrons. The topological polar surface area (TPSA) is 23.6 Å². The van der Waals surface area contributed by atoms with E-state index in [2.05, 4.69) is 27.9 Å². The van der Waals surface area contributed by atoms with Crippen LogP contribution in [0.3, 0.4) is 0 Å². The van der Waals surface area contributed by atoms with Crippen LogP contribution < -0.4 is 0 Å². The van der Waals surface area contributed by atoms with Crippen molar-refractivity contribution in [3.05, 3.63) is 33.3 Å². The van der Waals surface area contributed by atoms with E-state index < -0.39 is 0 Å². The second-order valence-corrected chi connectivity index (χ2v) is 7.04. The fourth-order valence-electron chi connectivity index (χ4n) is 3.32. The van der Waals surface area contributed by atoms with E-state index in [0.717, 1.165) is 24.0 Å². The molecular formula is C15H18BrClN2O. The Kier molecular flexibility index (Phi) is 4.07. The Hall–Kier alpha value is -0.580. The Labute approximate surface area is 133 Å². The zero-order valence-electron chi connectivity index (χ0n) is 11.5. The maximum Gasteiger partial charge on any atom is 0.255 e. The summed E-state index contributed by atoms with van der Waals surface area (Å²) in [5.41, 5.74) is 0.599. The average molecular weight is 358 g/mol. The molecule has 2 aliphatic heterocycles. The highest BCUT2D eigenvalue weighted by atomic mass is 79.9. The second-order valence-electron chi connectivity index (χ2n) is 5.71. The quantitative estimate of drug-likeness (QED) is 0.769. The number of likely N-dealkylation sites (N-methyl/N-ethyl adjacent to an activating group) is 1.